The van der Waals surface area contributed by atoms with Crippen LogP contribution in [0.3, 0.4) is 0 Å². The van der Waals surface area contributed by atoms with E-state index in [0.717, 1.165) is 16.7 Å². The highest BCUT2D eigenvalue weighted by molar-refractivity contribution is 6.15. The maximum Gasteiger partial charge on any atom is 0.231 e. The second kappa shape index (κ2) is 7.42. The summed E-state index contributed by atoms with van der Waals surface area (Å²) in [5.41, 5.74) is 4.36. The fraction of sp³-hybridized carbons (Fsp3) is 0.0833. The van der Waals surface area contributed by atoms with E-state index in [1.807, 2.05) is 55.5 Å². The Kier molecular flexibility index (Phi) is 4.65. The Bertz CT molecular complexity index is 1110. The highest BCUT2D eigenvalue weighted by atomic mass is 16.5. The summed E-state index contributed by atoms with van der Waals surface area (Å²) in [5.74, 6) is 1.16. The zero-order valence-electron chi connectivity index (χ0n) is 15.3. The molecule has 4 rings (SSSR count). The predicted molar refractivity (Wildman–Crippen MR) is 107 cm³/mol. The monoisotopic (exact) mass is 367 g/mol. The van der Waals surface area contributed by atoms with Gasteiger partial charge < -0.3 is 9.47 Å². The van der Waals surface area contributed by atoms with Crippen molar-refractivity contribution in [3.05, 3.63) is 89.2 Å². The Morgan fingerprint density at radius 3 is 2.43 bits per heavy atom. The van der Waals surface area contributed by atoms with Crippen molar-refractivity contribution in [2.24, 2.45) is 0 Å². The van der Waals surface area contributed by atoms with Crippen molar-refractivity contribution in [1.29, 1.82) is 5.26 Å². The van der Waals surface area contributed by atoms with Gasteiger partial charge in [0, 0.05) is 5.56 Å². The summed E-state index contributed by atoms with van der Waals surface area (Å²) in [5, 5.41) is 8.68. The van der Waals surface area contributed by atoms with Gasteiger partial charge in [-0.25, -0.2) is 0 Å². The number of ether oxygens (including phenoxy) is 2. The molecule has 1 aliphatic heterocycles. The first-order chi connectivity index (χ1) is 13.7. The lowest BCUT2D eigenvalue weighted by molar-refractivity contribution is 0.101. The number of hydrogen-bond donors (Lipinski definition) is 0. The largest absolute Gasteiger partial charge is 0.478 e. The molecular formula is C24H17NO3. The van der Waals surface area contributed by atoms with E-state index in [1.54, 1.807) is 18.2 Å². The third kappa shape index (κ3) is 3.26. The number of Topliss-reactive ketones (excluding diaryl/α,β-unsaturated/α-hetero) is 1. The topological polar surface area (TPSA) is 59.3 Å². The first-order valence-corrected chi connectivity index (χ1v) is 8.90. The van der Waals surface area contributed by atoms with E-state index in [1.165, 1.54) is 0 Å². The second-order valence-electron chi connectivity index (χ2n) is 6.44. The zero-order chi connectivity index (χ0) is 19.5. The number of rotatable bonds is 4. The Morgan fingerprint density at radius 2 is 1.71 bits per heavy atom. The molecule has 0 fully saturated rings. The number of fused-ring (bicyclic) bond motifs is 1. The van der Waals surface area contributed by atoms with Gasteiger partial charge in [0.05, 0.1) is 5.56 Å². The molecule has 0 aromatic heterocycles. The van der Waals surface area contributed by atoms with Crippen LogP contribution in [0.2, 0.25) is 0 Å². The van der Waals surface area contributed by atoms with Gasteiger partial charge in [0.2, 0.25) is 5.78 Å². The van der Waals surface area contributed by atoms with Gasteiger partial charge in [-0.3, -0.25) is 4.79 Å². The van der Waals surface area contributed by atoms with Crippen molar-refractivity contribution in [3.63, 3.8) is 0 Å². The first-order valence-electron chi connectivity index (χ1n) is 8.90. The van der Waals surface area contributed by atoms with Crippen LogP contribution in [-0.4, -0.2) is 12.4 Å². The summed E-state index contributed by atoms with van der Waals surface area (Å²) >= 11 is 0. The molecule has 3 aromatic carbocycles. The molecule has 4 nitrogen and oxygen atoms in total. The summed E-state index contributed by atoms with van der Waals surface area (Å²) in [7, 11) is 0. The van der Waals surface area contributed by atoms with E-state index in [9.17, 15) is 4.79 Å². The normalized spacial score (nSPS) is 13.7. The lowest BCUT2D eigenvalue weighted by Crippen LogP contribution is -1.98. The summed E-state index contributed by atoms with van der Waals surface area (Å²) in [6, 6.07) is 23.4. The maximum absolute atomic E-state index is 12.7. The zero-order valence-corrected chi connectivity index (χ0v) is 15.3. The number of nitrogens with zero attached hydrogens (tertiary/aromatic N) is 1. The SMILES string of the molecule is Cc1c(OCC#N)ccc2c1O/C(=C\c1ccc(-c3ccccc3)cc1)C2=O. The first kappa shape index (κ1) is 17.6. The molecule has 1 aliphatic rings. The van der Waals surface area contributed by atoms with Gasteiger partial charge in [0.1, 0.15) is 17.6 Å². The number of benzene rings is 3. The maximum atomic E-state index is 12.7. The standard InChI is InChI=1S/C24H17NO3/c1-16-21(27-14-13-25)12-11-20-23(26)22(28-24(16)20)15-17-7-9-19(10-8-17)18-5-3-2-4-6-18/h2-12,15H,14H2,1H3/b22-15-. The van der Waals surface area contributed by atoms with Crippen LogP contribution in [0.15, 0.2) is 72.5 Å². The molecule has 1 heterocycles. The molecule has 0 unspecified atom stereocenters. The van der Waals surface area contributed by atoms with E-state index < -0.39 is 0 Å². The van der Waals surface area contributed by atoms with Crippen molar-refractivity contribution in [3.8, 4) is 28.7 Å². The van der Waals surface area contributed by atoms with Gasteiger partial charge in [0.15, 0.2) is 12.4 Å². The summed E-state index contributed by atoms with van der Waals surface area (Å²) in [6.07, 6.45) is 1.74. The molecule has 0 saturated heterocycles. The molecule has 0 atom stereocenters. The minimum Gasteiger partial charge on any atom is -0.478 e. The number of carbonyl (C=O) groups excluding carboxylic acids is 1. The Balaban J connectivity index is 1.60. The highest BCUT2D eigenvalue weighted by Crippen LogP contribution is 2.39. The van der Waals surface area contributed by atoms with Crippen molar-refractivity contribution in [2.75, 3.05) is 6.61 Å². The molecule has 0 aliphatic carbocycles. The smallest absolute Gasteiger partial charge is 0.231 e. The average molecular weight is 367 g/mol. The molecule has 3 aromatic rings. The molecule has 0 bridgehead atoms. The fourth-order valence-electron chi connectivity index (χ4n) is 3.19. The van der Waals surface area contributed by atoms with Crippen LogP contribution in [0.25, 0.3) is 17.2 Å². The second-order valence-corrected chi connectivity index (χ2v) is 6.44. The van der Waals surface area contributed by atoms with Gasteiger partial charge in [-0.15, -0.1) is 0 Å². The molecule has 136 valence electrons. The fourth-order valence-corrected chi connectivity index (χ4v) is 3.19. The van der Waals surface area contributed by atoms with Gasteiger partial charge in [0.25, 0.3) is 0 Å². The molecule has 0 radical (unpaired) electrons. The van der Waals surface area contributed by atoms with Crippen molar-refractivity contribution in [2.45, 2.75) is 6.92 Å². The minimum atomic E-state index is -0.155. The van der Waals surface area contributed by atoms with E-state index in [0.29, 0.717) is 22.6 Å². The van der Waals surface area contributed by atoms with Gasteiger partial charge in [-0.1, -0.05) is 54.6 Å². The van der Waals surface area contributed by atoms with Crippen LogP contribution in [0.4, 0.5) is 0 Å². The average Bonchev–Trinajstić information content (AvgIpc) is 3.05. The van der Waals surface area contributed by atoms with E-state index in [-0.39, 0.29) is 18.1 Å². The third-order valence-corrected chi connectivity index (χ3v) is 4.64. The van der Waals surface area contributed by atoms with Gasteiger partial charge in [-0.2, -0.15) is 5.26 Å². The highest BCUT2D eigenvalue weighted by Gasteiger charge is 2.30. The molecule has 28 heavy (non-hydrogen) atoms. The lowest BCUT2D eigenvalue weighted by atomic mass is 10.0. The third-order valence-electron chi connectivity index (χ3n) is 4.64. The number of ketones is 1. The van der Waals surface area contributed by atoms with Crippen LogP contribution in [-0.2, 0) is 0 Å². The summed E-state index contributed by atoms with van der Waals surface area (Å²) in [4.78, 5) is 12.7. The Hall–Kier alpha value is -3.84. The van der Waals surface area contributed by atoms with Gasteiger partial charge >= 0.3 is 0 Å². The van der Waals surface area contributed by atoms with Crippen LogP contribution >= 0.6 is 0 Å². The van der Waals surface area contributed by atoms with E-state index in [4.69, 9.17) is 14.7 Å². The molecule has 4 heteroatoms. The molecular weight excluding hydrogens is 350 g/mol. The molecule has 0 spiro atoms. The summed E-state index contributed by atoms with van der Waals surface area (Å²) < 4.78 is 11.2. The lowest BCUT2D eigenvalue weighted by Gasteiger charge is -2.08. The molecule has 0 saturated carbocycles. The number of hydrogen-bond acceptors (Lipinski definition) is 4. The number of nitriles is 1. The number of allylic oxidation sites excluding steroid dienone is 1. The van der Waals surface area contributed by atoms with Crippen LogP contribution < -0.4 is 9.47 Å². The minimum absolute atomic E-state index is 0.0516. The quantitative estimate of drug-likeness (QED) is 0.596. The van der Waals surface area contributed by atoms with Crippen LogP contribution in [0.1, 0.15) is 21.5 Å². The Labute approximate surface area is 163 Å². The molecule has 0 N–H and O–H groups in total. The summed E-state index contributed by atoms with van der Waals surface area (Å²) in [6.45, 7) is 1.76. The Morgan fingerprint density at radius 1 is 1.00 bits per heavy atom. The van der Waals surface area contributed by atoms with Crippen LogP contribution in [0, 0.1) is 18.3 Å². The van der Waals surface area contributed by atoms with Gasteiger partial charge in [-0.05, 0) is 41.8 Å². The number of carbonyl (C=O) groups is 1. The van der Waals surface area contributed by atoms with Crippen molar-refractivity contribution < 1.29 is 14.3 Å². The van der Waals surface area contributed by atoms with E-state index in [2.05, 4.69) is 12.1 Å². The van der Waals surface area contributed by atoms with E-state index >= 15 is 0 Å². The predicted octanol–water partition coefficient (Wildman–Crippen LogP) is 5.18. The van der Waals surface area contributed by atoms with Crippen molar-refractivity contribution >= 4 is 11.9 Å². The van der Waals surface area contributed by atoms with Crippen molar-refractivity contribution in [1.82, 2.24) is 0 Å². The molecule has 0 amide bonds. The van der Waals surface area contributed by atoms with Crippen LogP contribution in [0.5, 0.6) is 11.5 Å².